The standard InChI is InChI=1S/C17H19NO3/c19-17(20)8-4-5-13-18-14-9-11-16(12-10-14)21-15-6-2-1-3-7-15/h1-3,6-7,9-12,18H,4-5,8,13H2,(H,19,20). The zero-order valence-corrected chi connectivity index (χ0v) is 11.8. The lowest BCUT2D eigenvalue weighted by Crippen LogP contribution is -2.03. The molecule has 0 radical (unpaired) electrons. The SMILES string of the molecule is O=C(O)CCCCNc1ccc(Oc2ccccc2)cc1. The first kappa shape index (κ1) is 14.9. The summed E-state index contributed by atoms with van der Waals surface area (Å²) < 4.78 is 5.71. The van der Waals surface area contributed by atoms with Crippen molar-refractivity contribution in [2.45, 2.75) is 19.3 Å². The number of hydrogen-bond donors (Lipinski definition) is 2. The highest BCUT2D eigenvalue weighted by molar-refractivity contribution is 5.66. The van der Waals surface area contributed by atoms with Gasteiger partial charge in [0, 0.05) is 18.7 Å². The summed E-state index contributed by atoms with van der Waals surface area (Å²) in [5.41, 5.74) is 1.01. The zero-order valence-electron chi connectivity index (χ0n) is 11.8. The van der Waals surface area contributed by atoms with Crippen LogP contribution in [0.3, 0.4) is 0 Å². The van der Waals surface area contributed by atoms with Gasteiger partial charge in [0.1, 0.15) is 11.5 Å². The fourth-order valence-corrected chi connectivity index (χ4v) is 1.90. The van der Waals surface area contributed by atoms with E-state index in [9.17, 15) is 4.79 Å². The number of carboxylic acid groups (broad SMARTS) is 1. The quantitative estimate of drug-likeness (QED) is 0.715. The van der Waals surface area contributed by atoms with Gasteiger partial charge in [-0.15, -0.1) is 0 Å². The lowest BCUT2D eigenvalue weighted by Gasteiger charge is -2.08. The van der Waals surface area contributed by atoms with Crippen molar-refractivity contribution < 1.29 is 14.6 Å². The first-order valence-electron chi connectivity index (χ1n) is 7.03. The second-order valence-electron chi connectivity index (χ2n) is 4.72. The second-order valence-corrected chi connectivity index (χ2v) is 4.72. The minimum absolute atomic E-state index is 0.228. The van der Waals surface area contributed by atoms with Gasteiger partial charge in [-0.2, -0.15) is 0 Å². The number of rotatable bonds is 8. The molecule has 4 heteroatoms. The number of carbonyl (C=O) groups is 1. The molecule has 2 rings (SSSR count). The molecule has 0 amide bonds. The van der Waals surface area contributed by atoms with Crippen LogP contribution in [0.2, 0.25) is 0 Å². The molecule has 0 aliphatic rings. The van der Waals surface area contributed by atoms with Crippen molar-refractivity contribution in [3.05, 3.63) is 54.6 Å². The third-order valence-corrected chi connectivity index (χ3v) is 2.98. The molecule has 21 heavy (non-hydrogen) atoms. The number of carboxylic acids is 1. The Labute approximate surface area is 124 Å². The van der Waals surface area contributed by atoms with Gasteiger partial charge in [-0.1, -0.05) is 18.2 Å². The maximum atomic E-state index is 10.4. The van der Waals surface area contributed by atoms with E-state index in [1.54, 1.807) is 0 Å². The molecule has 0 fully saturated rings. The molecule has 0 unspecified atom stereocenters. The van der Waals surface area contributed by atoms with Gasteiger partial charge in [-0.3, -0.25) is 4.79 Å². The monoisotopic (exact) mass is 285 g/mol. The van der Waals surface area contributed by atoms with Crippen LogP contribution >= 0.6 is 0 Å². The zero-order chi connectivity index (χ0) is 14.9. The molecule has 2 N–H and O–H groups in total. The van der Waals surface area contributed by atoms with E-state index in [0.717, 1.165) is 30.2 Å². The molecule has 0 aromatic heterocycles. The molecule has 0 saturated heterocycles. The summed E-state index contributed by atoms with van der Waals surface area (Å²) in [6.07, 6.45) is 1.76. The maximum absolute atomic E-state index is 10.4. The molecule has 0 saturated carbocycles. The third-order valence-electron chi connectivity index (χ3n) is 2.98. The first-order chi connectivity index (χ1) is 10.2. The van der Waals surface area contributed by atoms with Gasteiger partial charge in [0.2, 0.25) is 0 Å². The van der Waals surface area contributed by atoms with Crippen LogP contribution in [0.25, 0.3) is 0 Å². The van der Waals surface area contributed by atoms with Gasteiger partial charge in [0.05, 0.1) is 0 Å². The summed E-state index contributed by atoms with van der Waals surface area (Å²) >= 11 is 0. The summed E-state index contributed by atoms with van der Waals surface area (Å²) in [6, 6.07) is 17.4. The van der Waals surface area contributed by atoms with Crippen LogP contribution in [0.1, 0.15) is 19.3 Å². The molecule has 0 spiro atoms. The summed E-state index contributed by atoms with van der Waals surface area (Å²) in [6.45, 7) is 0.770. The van der Waals surface area contributed by atoms with Crippen LogP contribution in [0.15, 0.2) is 54.6 Å². The first-order valence-corrected chi connectivity index (χ1v) is 7.03. The van der Waals surface area contributed by atoms with Gasteiger partial charge >= 0.3 is 5.97 Å². The van der Waals surface area contributed by atoms with Gasteiger partial charge in [0.15, 0.2) is 0 Å². The molecule has 0 heterocycles. The number of benzene rings is 2. The summed E-state index contributed by atoms with van der Waals surface area (Å²) in [4.78, 5) is 10.4. The molecule has 2 aromatic carbocycles. The lowest BCUT2D eigenvalue weighted by atomic mass is 10.2. The van der Waals surface area contributed by atoms with Gasteiger partial charge in [0.25, 0.3) is 0 Å². The maximum Gasteiger partial charge on any atom is 0.303 e. The van der Waals surface area contributed by atoms with E-state index in [4.69, 9.17) is 9.84 Å². The van der Waals surface area contributed by atoms with Crippen LogP contribution in [-0.2, 0) is 4.79 Å². The Balaban J connectivity index is 1.75. The van der Waals surface area contributed by atoms with Crippen molar-refractivity contribution in [1.82, 2.24) is 0 Å². The van der Waals surface area contributed by atoms with Gasteiger partial charge < -0.3 is 15.2 Å². The van der Waals surface area contributed by atoms with Crippen LogP contribution < -0.4 is 10.1 Å². The predicted octanol–water partition coefficient (Wildman–Crippen LogP) is 4.15. The molecule has 2 aromatic rings. The smallest absolute Gasteiger partial charge is 0.303 e. The van der Waals surface area contributed by atoms with E-state index < -0.39 is 5.97 Å². The number of para-hydroxylation sites is 1. The number of ether oxygens (including phenoxy) is 1. The number of unbranched alkanes of at least 4 members (excludes halogenated alkanes) is 1. The Bertz CT molecular complexity index is 552. The molecular weight excluding hydrogens is 266 g/mol. The van der Waals surface area contributed by atoms with E-state index in [1.807, 2.05) is 54.6 Å². The molecule has 110 valence electrons. The average Bonchev–Trinajstić information content (AvgIpc) is 2.49. The molecule has 0 bridgehead atoms. The van der Waals surface area contributed by atoms with Crippen molar-refractivity contribution in [2.24, 2.45) is 0 Å². The molecule has 4 nitrogen and oxygen atoms in total. The molecule has 0 aliphatic carbocycles. The molecular formula is C17H19NO3. The van der Waals surface area contributed by atoms with Gasteiger partial charge in [-0.05, 0) is 49.2 Å². The van der Waals surface area contributed by atoms with Crippen molar-refractivity contribution in [2.75, 3.05) is 11.9 Å². The van der Waals surface area contributed by atoms with Crippen molar-refractivity contribution >= 4 is 11.7 Å². The van der Waals surface area contributed by atoms with Crippen molar-refractivity contribution in [3.8, 4) is 11.5 Å². The van der Waals surface area contributed by atoms with Crippen LogP contribution in [0.5, 0.6) is 11.5 Å². The summed E-state index contributed by atoms with van der Waals surface area (Å²) in [5, 5.41) is 11.8. The Hall–Kier alpha value is -2.49. The lowest BCUT2D eigenvalue weighted by molar-refractivity contribution is -0.137. The van der Waals surface area contributed by atoms with E-state index >= 15 is 0 Å². The van der Waals surface area contributed by atoms with Crippen molar-refractivity contribution in [3.63, 3.8) is 0 Å². The minimum Gasteiger partial charge on any atom is -0.481 e. The Morgan fingerprint density at radius 3 is 2.29 bits per heavy atom. The summed E-state index contributed by atoms with van der Waals surface area (Å²) in [5.74, 6) is 0.863. The minimum atomic E-state index is -0.739. The molecule has 0 atom stereocenters. The average molecular weight is 285 g/mol. The molecule has 0 aliphatic heterocycles. The number of anilines is 1. The fourth-order valence-electron chi connectivity index (χ4n) is 1.90. The Kier molecular flexibility index (Phi) is 5.64. The predicted molar refractivity (Wildman–Crippen MR) is 82.9 cm³/mol. The topological polar surface area (TPSA) is 58.6 Å². The fraction of sp³-hybridized carbons (Fsp3) is 0.235. The van der Waals surface area contributed by atoms with Gasteiger partial charge in [-0.25, -0.2) is 0 Å². The number of hydrogen-bond acceptors (Lipinski definition) is 3. The second kappa shape index (κ2) is 7.94. The van der Waals surface area contributed by atoms with E-state index in [0.29, 0.717) is 6.42 Å². The van der Waals surface area contributed by atoms with Crippen LogP contribution in [-0.4, -0.2) is 17.6 Å². The highest BCUT2D eigenvalue weighted by Crippen LogP contribution is 2.22. The Morgan fingerprint density at radius 1 is 0.952 bits per heavy atom. The highest BCUT2D eigenvalue weighted by Gasteiger charge is 1.98. The Morgan fingerprint density at radius 2 is 1.62 bits per heavy atom. The van der Waals surface area contributed by atoms with Crippen molar-refractivity contribution in [1.29, 1.82) is 0 Å². The van der Waals surface area contributed by atoms with Crippen LogP contribution in [0.4, 0.5) is 5.69 Å². The van der Waals surface area contributed by atoms with E-state index in [1.165, 1.54) is 0 Å². The number of aliphatic carboxylic acids is 1. The highest BCUT2D eigenvalue weighted by atomic mass is 16.5. The van der Waals surface area contributed by atoms with E-state index in [2.05, 4.69) is 5.32 Å². The number of nitrogens with one attached hydrogen (secondary N) is 1. The van der Waals surface area contributed by atoms with E-state index in [-0.39, 0.29) is 6.42 Å². The largest absolute Gasteiger partial charge is 0.481 e. The third kappa shape index (κ3) is 5.57. The van der Waals surface area contributed by atoms with Crippen LogP contribution in [0, 0.1) is 0 Å². The normalized spacial score (nSPS) is 10.1. The summed E-state index contributed by atoms with van der Waals surface area (Å²) in [7, 11) is 0.